The Kier molecular flexibility index (Phi) is 5.27. The smallest absolute Gasteiger partial charge is 0.350 e. The van der Waals surface area contributed by atoms with Crippen LogP contribution in [0, 0.1) is 6.92 Å². The van der Waals surface area contributed by atoms with E-state index in [4.69, 9.17) is 9.47 Å². The van der Waals surface area contributed by atoms with Gasteiger partial charge < -0.3 is 14.6 Å². The van der Waals surface area contributed by atoms with E-state index >= 15 is 0 Å². The monoisotopic (exact) mass is 314 g/mol. The summed E-state index contributed by atoms with van der Waals surface area (Å²) in [4.78, 5) is 12.4. The second-order valence-corrected chi connectivity index (χ2v) is 5.71. The average molecular weight is 314 g/mol. The lowest BCUT2D eigenvalue weighted by Gasteiger charge is -2.28. The molecule has 1 atom stereocenters. The molecule has 0 aliphatic heterocycles. The van der Waals surface area contributed by atoms with Crippen molar-refractivity contribution in [3.05, 3.63) is 59.7 Å². The van der Waals surface area contributed by atoms with E-state index in [0.717, 1.165) is 11.1 Å². The van der Waals surface area contributed by atoms with Crippen LogP contribution in [0.2, 0.25) is 0 Å². The first-order valence-electron chi connectivity index (χ1n) is 7.64. The third-order valence-electron chi connectivity index (χ3n) is 3.52. The van der Waals surface area contributed by atoms with Gasteiger partial charge in [0.15, 0.2) is 0 Å². The minimum absolute atomic E-state index is 0.186. The Morgan fingerprint density at radius 2 is 1.87 bits per heavy atom. The highest BCUT2D eigenvalue weighted by atomic mass is 16.6. The van der Waals surface area contributed by atoms with E-state index < -0.39 is 11.6 Å². The summed E-state index contributed by atoms with van der Waals surface area (Å²) in [5.41, 5.74) is 0.796. The van der Waals surface area contributed by atoms with Crippen molar-refractivity contribution >= 4 is 5.97 Å². The van der Waals surface area contributed by atoms with Gasteiger partial charge >= 0.3 is 5.97 Å². The highest BCUT2D eigenvalue weighted by Gasteiger charge is 2.37. The van der Waals surface area contributed by atoms with E-state index in [1.165, 1.54) is 0 Å². The van der Waals surface area contributed by atoms with Gasteiger partial charge in [-0.25, -0.2) is 4.79 Å². The van der Waals surface area contributed by atoms with Gasteiger partial charge in [-0.2, -0.15) is 0 Å². The number of carbonyl (C=O) groups excluding carboxylic acids is 1. The molecule has 2 rings (SSSR count). The highest BCUT2D eigenvalue weighted by Crippen LogP contribution is 2.25. The molecule has 122 valence electrons. The van der Waals surface area contributed by atoms with Crippen LogP contribution in [0.25, 0.3) is 0 Å². The Bertz CT molecular complexity index is 663. The summed E-state index contributed by atoms with van der Waals surface area (Å²) in [5.74, 6) is 0.403. The Labute approximate surface area is 136 Å². The molecule has 0 aromatic heterocycles. The van der Waals surface area contributed by atoms with Crippen LogP contribution in [0.5, 0.6) is 11.5 Å². The maximum Gasteiger partial charge on any atom is 0.350 e. The molecule has 4 heteroatoms. The summed E-state index contributed by atoms with van der Waals surface area (Å²) in [6.07, 6.45) is 0.347. The SMILES string of the molecule is CCOC(=O)C(C)(Cc1ccc(O)cc1)Oc1cccc(C)c1. The lowest BCUT2D eigenvalue weighted by molar-refractivity contribution is -0.160. The van der Waals surface area contributed by atoms with E-state index in [-0.39, 0.29) is 5.75 Å². The van der Waals surface area contributed by atoms with Gasteiger partial charge in [0.05, 0.1) is 6.61 Å². The number of hydrogen-bond acceptors (Lipinski definition) is 4. The van der Waals surface area contributed by atoms with Crippen LogP contribution in [-0.2, 0) is 16.0 Å². The predicted octanol–water partition coefficient (Wildman–Crippen LogP) is 3.64. The van der Waals surface area contributed by atoms with Crippen LogP contribution in [0.4, 0.5) is 0 Å². The number of carbonyl (C=O) groups is 1. The lowest BCUT2D eigenvalue weighted by atomic mass is 9.96. The summed E-state index contributed by atoms with van der Waals surface area (Å²) in [6.45, 7) is 5.75. The number of benzene rings is 2. The molecular weight excluding hydrogens is 292 g/mol. The minimum atomic E-state index is -1.14. The first-order valence-corrected chi connectivity index (χ1v) is 7.64. The third-order valence-corrected chi connectivity index (χ3v) is 3.52. The van der Waals surface area contributed by atoms with Gasteiger partial charge in [-0.3, -0.25) is 0 Å². The van der Waals surface area contributed by atoms with Crippen LogP contribution < -0.4 is 4.74 Å². The predicted molar refractivity (Wildman–Crippen MR) is 88.7 cm³/mol. The molecule has 0 saturated heterocycles. The summed E-state index contributed by atoms with van der Waals surface area (Å²) in [7, 11) is 0. The summed E-state index contributed by atoms with van der Waals surface area (Å²) in [5, 5.41) is 9.39. The van der Waals surface area contributed by atoms with Crippen molar-refractivity contribution in [2.24, 2.45) is 0 Å². The molecule has 0 saturated carbocycles. The van der Waals surface area contributed by atoms with Crippen LogP contribution >= 0.6 is 0 Å². The van der Waals surface area contributed by atoms with Crippen molar-refractivity contribution in [2.75, 3.05) is 6.61 Å². The number of aromatic hydroxyl groups is 1. The topological polar surface area (TPSA) is 55.8 Å². The Balaban J connectivity index is 2.27. The van der Waals surface area contributed by atoms with E-state index in [1.807, 2.05) is 31.2 Å². The summed E-state index contributed by atoms with van der Waals surface area (Å²) < 4.78 is 11.2. The molecule has 1 unspecified atom stereocenters. The fraction of sp³-hybridized carbons (Fsp3) is 0.316. The van der Waals surface area contributed by atoms with Crippen LogP contribution in [0.3, 0.4) is 0 Å². The average Bonchev–Trinajstić information content (AvgIpc) is 2.50. The Hall–Kier alpha value is -2.49. The first kappa shape index (κ1) is 16.9. The molecule has 1 N–H and O–H groups in total. The van der Waals surface area contributed by atoms with Crippen molar-refractivity contribution in [3.8, 4) is 11.5 Å². The highest BCUT2D eigenvalue weighted by molar-refractivity contribution is 5.80. The van der Waals surface area contributed by atoms with Gasteiger partial charge in [0.1, 0.15) is 11.5 Å². The number of phenolic OH excluding ortho intramolecular Hbond substituents is 1. The molecule has 4 nitrogen and oxygen atoms in total. The number of ether oxygens (including phenoxy) is 2. The molecule has 0 radical (unpaired) electrons. The molecule has 0 spiro atoms. The normalized spacial score (nSPS) is 13.2. The zero-order valence-corrected chi connectivity index (χ0v) is 13.7. The molecule has 2 aromatic rings. The maximum absolute atomic E-state index is 12.4. The lowest BCUT2D eigenvalue weighted by Crippen LogP contribution is -2.45. The standard InChI is InChI=1S/C19H22O4/c1-4-22-18(21)19(3,13-15-8-10-16(20)11-9-15)23-17-7-5-6-14(2)12-17/h5-12,20H,4,13H2,1-3H3. The van der Waals surface area contributed by atoms with E-state index in [9.17, 15) is 9.90 Å². The number of esters is 1. The molecule has 0 amide bonds. The second-order valence-electron chi connectivity index (χ2n) is 5.71. The zero-order chi connectivity index (χ0) is 16.9. The number of hydrogen-bond donors (Lipinski definition) is 1. The molecule has 0 aliphatic carbocycles. The van der Waals surface area contributed by atoms with Crippen molar-refractivity contribution in [1.82, 2.24) is 0 Å². The quantitative estimate of drug-likeness (QED) is 0.827. The van der Waals surface area contributed by atoms with Gasteiger partial charge in [0, 0.05) is 6.42 Å². The molecule has 2 aromatic carbocycles. The fourth-order valence-corrected chi connectivity index (χ4v) is 2.38. The zero-order valence-electron chi connectivity index (χ0n) is 13.7. The summed E-state index contributed by atoms with van der Waals surface area (Å²) in [6, 6.07) is 14.3. The first-order chi connectivity index (χ1) is 10.9. The van der Waals surface area contributed by atoms with Crippen LogP contribution in [0.1, 0.15) is 25.0 Å². The molecule has 23 heavy (non-hydrogen) atoms. The molecule has 0 aliphatic rings. The van der Waals surface area contributed by atoms with Crippen molar-refractivity contribution in [1.29, 1.82) is 0 Å². The van der Waals surface area contributed by atoms with Crippen LogP contribution in [0.15, 0.2) is 48.5 Å². The molecular formula is C19H22O4. The molecule has 0 fully saturated rings. The number of rotatable bonds is 6. The van der Waals surface area contributed by atoms with Crippen molar-refractivity contribution in [3.63, 3.8) is 0 Å². The Morgan fingerprint density at radius 3 is 2.48 bits per heavy atom. The minimum Gasteiger partial charge on any atom is -0.508 e. The number of aryl methyl sites for hydroxylation is 1. The largest absolute Gasteiger partial charge is 0.508 e. The van der Waals surface area contributed by atoms with Crippen molar-refractivity contribution in [2.45, 2.75) is 32.8 Å². The van der Waals surface area contributed by atoms with Gasteiger partial charge in [0.2, 0.25) is 5.60 Å². The molecule has 0 heterocycles. The fourth-order valence-electron chi connectivity index (χ4n) is 2.38. The summed E-state index contributed by atoms with van der Waals surface area (Å²) >= 11 is 0. The van der Waals surface area contributed by atoms with Gasteiger partial charge in [0.25, 0.3) is 0 Å². The second kappa shape index (κ2) is 7.18. The van der Waals surface area contributed by atoms with E-state index in [2.05, 4.69) is 0 Å². The van der Waals surface area contributed by atoms with Gasteiger partial charge in [-0.05, 0) is 56.2 Å². The maximum atomic E-state index is 12.4. The number of phenols is 1. The Morgan fingerprint density at radius 1 is 1.17 bits per heavy atom. The van der Waals surface area contributed by atoms with E-state index in [0.29, 0.717) is 18.8 Å². The van der Waals surface area contributed by atoms with Gasteiger partial charge in [-0.1, -0.05) is 24.3 Å². The van der Waals surface area contributed by atoms with Crippen LogP contribution in [-0.4, -0.2) is 23.3 Å². The molecule has 0 bridgehead atoms. The van der Waals surface area contributed by atoms with Gasteiger partial charge in [-0.15, -0.1) is 0 Å². The van der Waals surface area contributed by atoms with Crippen molar-refractivity contribution < 1.29 is 19.4 Å². The van der Waals surface area contributed by atoms with E-state index in [1.54, 1.807) is 38.1 Å². The third kappa shape index (κ3) is 4.49.